The molecule has 0 saturated carbocycles. The van der Waals surface area contributed by atoms with Gasteiger partial charge in [0.1, 0.15) is 5.82 Å². The second-order valence-electron chi connectivity index (χ2n) is 3.96. The van der Waals surface area contributed by atoms with Crippen molar-refractivity contribution in [3.63, 3.8) is 0 Å². The van der Waals surface area contributed by atoms with Gasteiger partial charge in [-0.2, -0.15) is 0 Å². The molecule has 0 aromatic heterocycles. The van der Waals surface area contributed by atoms with Gasteiger partial charge in [0.05, 0.1) is 5.41 Å². The van der Waals surface area contributed by atoms with Gasteiger partial charge in [0, 0.05) is 13.1 Å². The maximum Gasteiger partial charge on any atom is 0.312 e. The summed E-state index contributed by atoms with van der Waals surface area (Å²) >= 11 is 0. The third kappa shape index (κ3) is 1.72. The van der Waals surface area contributed by atoms with Crippen LogP contribution in [0.5, 0.6) is 0 Å². The summed E-state index contributed by atoms with van der Waals surface area (Å²) in [5.41, 5.74) is -0.344. The molecule has 4 heteroatoms. The summed E-state index contributed by atoms with van der Waals surface area (Å²) in [6, 6.07) is 6.32. The van der Waals surface area contributed by atoms with Crippen LogP contribution in [0.2, 0.25) is 0 Å². The highest BCUT2D eigenvalue weighted by Gasteiger charge is 2.44. The summed E-state index contributed by atoms with van der Waals surface area (Å²) in [5.74, 6) is -1.19. The van der Waals surface area contributed by atoms with Gasteiger partial charge in [-0.25, -0.2) is 4.39 Å². The number of carbonyl (C=O) groups is 1. The van der Waals surface area contributed by atoms with Crippen molar-refractivity contribution in [1.29, 1.82) is 0 Å². The monoisotopic (exact) mass is 209 g/mol. The fraction of sp³-hybridized carbons (Fsp3) is 0.364. The molecule has 3 nitrogen and oxygen atoms in total. The molecule has 15 heavy (non-hydrogen) atoms. The Morgan fingerprint density at radius 2 is 2.13 bits per heavy atom. The van der Waals surface area contributed by atoms with E-state index in [1.54, 1.807) is 18.2 Å². The van der Waals surface area contributed by atoms with Crippen LogP contribution in [0.25, 0.3) is 0 Å². The van der Waals surface area contributed by atoms with Crippen molar-refractivity contribution in [2.24, 2.45) is 5.41 Å². The molecule has 1 saturated heterocycles. The number of hydrogen-bond acceptors (Lipinski definition) is 2. The number of nitrogens with one attached hydrogen (secondary N) is 1. The molecule has 1 aliphatic heterocycles. The van der Waals surface area contributed by atoms with Gasteiger partial charge in [-0.05, 0) is 18.1 Å². The second-order valence-corrected chi connectivity index (χ2v) is 3.96. The van der Waals surface area contributed by atoms with Crippen LogP contribution in [0.1, 0.15) is 5.56 Å². The molecule has 0 unspecified atom stereocenters. The average molecular weight is 209 g/mol. The number of carboxylic acid groups (broad SMARTS) is 1. The second kappa shape index (κ2) is 3.62. The Balaban J connectivity index is 2.21. The highest BCUT2D eigenvalue weighted by Crippen LogP contribution is 2.28. The predicted octanol–water partition coefficient (Wildman–Crippen LogP) is 1.04. The Morgan fingerprint density at radius 1 is 1.47 bits per heavy atom. The summed E-state index contributed by atoms with van der Waals surface area (Å²) in [6.07, 6.45) is 0.252. The molecule has 1 aromatic carbocycles. The van der Waals surface area contributed by atoms with E-state index in [1.807, 2.05) is 0 Å². The predicted molar refractivity (Wildman–Crippen MR) is 53.0 cm³/mol. The summed E-state index contributed by atoms with van der Waals surface area (Å²) in [5, 5.41) is 12.0. The molecule has 1 heterocycles. The Kier molecular flexibility index (Phi) is 2.44. The van der Waals surface area contributed by atoms with Crippen molar-refractivity contribution in [3.05, 3.63) is 35.6 Å². The van der Waals surface area contributed by atoms with E-state index >= 15 is 0 Å². The van der Waals surface area contributed by atoms with E-state index in [0.29, 0.717) is 18.7 Å². The number of halogens is 1. The smallest absolute Gasteiger partial charge is 0.312 e. The fourth-order valence-corrected chi connectivity index (χ4v) is 1.78. The first-order valence-corrected chi connectivity index (χ1v) is 4.82. The van der Waals surface area contributed by atoms with Crippen molar-refractivity contribution in [1.82, 2.24) is 5.32 Å². The van der Waals surface area contributed by atoms with Crippen LogP contribution in [0.3, 0.4) is 0 Å². The van der Waals surface area contributed by atoms with Crippen LogP contribution in [0.4, 0.5) is 4.39 Å². The molecular weight excluding hydrogens is 197 g/mol. The third-order valence-electron chi connectivity index (χ3n) is 2.87. The molecule has 80 valence electrons. The van der Waals surface area contributed by atoms with Crippen molar-refractivity contribution in [3.8, 4) is 0 Å². The van der Waals surface area contributed by atoms with E-state index in [4.69, 9.17) is 5.11 Å². The lowest BCUT2D eigenvalue weighted by Gasteiger charge is -2.38. The number of benzene rings is 1. The van der Waals surface area contributed by atoms with E-state index in [-0.39, 0.29) is 12.2 Å². The van der Waals surface area contributed by atoms with Gasteiger partial charge in [-0.3, -0.25) is 4.79 Å². The zero-order valence-corrected chi connectivity index (χ0v) is 8.16. The fourth-order valence-electron chi connectivity index (χ4n) is 1.78. The molecule has 1 aromatic rings. The van der Waals surface area contributed by atoms with Gasteiger partial charge < -0.3 is 10.4 Å². The van der Waals surface area contributed by atoms with Crippen LogP contribution in [0.15, 0.2) is 24.3 Å². The van der Waals surface area contributed by atoms with Crippen molar-refractivity contribution in [2.45, 2.75) is 6.42 Å². The van der Waals surface area contributed by atoms with E-state index < -0.39 is 11.4 Å². The lowest BCUT2D eigenvalue weighted by Crippen LogP contribution is -2.59. The van der Waals surface area contributed by atoms with Crippen LogP contribution in [-0.2, 0) is 11.2 Å². The molecule has 0 atom stereocenters. The van der Waals surface area contributed by atoms with Gasteiger partial charge >= 0.3 is 5.97 Å². The highest BCUT2D eigenvalue weighted by molar-refractivity contribution is 5.77. The number of hydrogen-bond donors (Lipinski definition) is 2. The van der Waals surface area contributed by atoms with Crippen molar-refractivity contribution in [2.75, 3.05) is 13.1 Å². The van der Waals surface area contributed by atoms with E-state index in [0.717, 1.165) is 0 Å². The Labute approximate surface area is 86.9 Å². The number of carboxylic acids is 1. The van der Waals surface area contributed by atoms with Crippen LogP contribution in [-0.4, -0.2) is 24.2 Å². The maximum absolute atomic E-state index is 13.3. The van der Waals surface area contributed by atoms with Crippen LogP contribution in [0, 0.1) is 11.2 Å². The standard InChI is InChI=1S/C11H12FNO2/c12-9-4-2-1-3-8(9)5-11(10(14)15)6-13-7-11/h1-4,13H,5-7H2,(H,14,15). The minimum atomic E-state index is -0.857. The molecule has 2 N–H and O–H groups in total. The Morgan fingerprint density at radius 3 is 2.60 bits per heavy atom. The van der Waals surface area contributed by atoms with Crippen LogP contribution < -0.4 is 5.32 Å². The SMILES string of the molecule is O=C(O)C1(Cc2ccccc2F)CNC1. The normalized spacial score (nSPS) is 18.2. The van der Waals surface area contributed by atoms with Gasteiger partial charge in [0.25, 0.3) is 0 Å². The first-order valence-electron chi connectivity index (χ1n) is 4.82. The molecular formula is C11H12FNO2. The van der Waals surface area contributed by atoms with E-state index in [9.17, 15) is 9.18 Å². The minimum absolute atomic E-state index is 0.252. The highest BCUT2D eigenvalue weighted by atomic mass is 19.1. The molecule has 1 fully saturated rings. The van der Waals surface area contributed by atoms with E-state index in [2.05, 4.69) is 5.32 Å². The first-order chi connectivity index (χ1) is 7.14. The quantitative estimate of drug-likeness (QED) is 0.782. The Bertz CT molecular complexity index is 388. The molecule has 0 spiro atoms. The zero-order valence-electron chi connectivity index (χ0n) is 8.16. The first kappa shape index (κ1) is 10.1. The molecule has 0 aliphatic carbocycles. The third-order valence-corrected chi connectivity index (χ3v) is 2.87. The van der Waals surface area contributed by atoms with Crippen molar-refractivity contribution >= 4 is 5.97 Å². The summed E-state index contributed by atoms with van der Waals surface area (Å²) < 4.78 is 13.3. The zero-order chi connectivity index (χ0) is 10.9. The lowest BCUT2D eigenvalue weighted by molar-refractivity contribution is -0.152. The summed E-state index contributed by atoms with van der Waals surface area (Å²) in [4.78, 5) is 11.1. The minimum Gasteiger partial charge on any atom is -0.481 e. The summed E-state index contributed by atoms with van der Waals surface area (Å²) in [7, 11) is 0. The molecule has 0 radical (unpaired) electrons. The molecule has 0 bridgehead atoms. The number of rotatable bonds is 3. The van der Waals surface area contributed by atoms with Crippen LogP contribution >= 0.6 is 0 Å². The topological polar surface area (TPSA) is 49.3 Å². The molecule has 0 amide bonds. The molecule has 1 aliphatic rings. The largest absolute Gasteiger partial charge is 0.481 e. The van der Waals surface area contributed by atoms with Crippen molar-refractivity contribution < 1.29 is 14.3 Å². The van der Waals surface area contributed by atoms with Gasteiger partial charge in [0.2, 0.25) is 0 Å². The van der Waals surface area contributed by atoms with Gasteiger partial charge in [-0.15, -0.1) is 0 Å². The summed E-state index contributed by atoms with van der Waals surface area (Å²) in [6.45, 7) is 0.827. The maximum atomic E-state index is 13.3. The average Bonchev–Trinajstić information content (AvgIpc) is 2.13. The van der Waals surface area contributed by atoms with E-state index in [1.165, 1.54) is 6.07 Å². The molecule has 2 rings (SSSR count). The number of aliphatic carboxylic acids is 1. The Hall–Kier alpha value is -1.42. The lowest BCUT2D eigenvalue weighted by atomic mass is 9.76. The van der Waals surface area contributed by atoms with Gasteiger partial charge in [0.15, 0.2) is 0 Å². The van der Waals surface area contributed by atoms with Gasteiger partial charge in [-0.1, -0.05) is 18.2 Å².